The summed E-state index contributed by atoms with van der Waals surface area (Å²) in [5.41, 5.74) is 0.815. The lowest BCUT2D eigenvalue weighted by atomic mass is 9.86. The lowest BCUT2D eigenvalue weighted by Gasteiger charge is -2.29. The van der Waals surface area contributed by atoms with Gasteiger partial charge in [0.05, 0.1) is 6.42 Å². The highest BCUT2D eigenvalue weighted by Crippen LogP contribution is 2.23. The van der Waals surface area contributed by atoms with Gasteiger partial charge in [-0.05, 0) is 36.5 Å². The molecule has 0 bridgehead atoms. The Morgan fingerprint density at radius 3 is 2.59 bits per heavy atom. The third-order valence-corrected chi connectivity index (χ3v) is 4.34. The van der Waals surface area contributed by atoms with Crippen LogP contribution in [0.4, 0.5) is 0 Å². The highest BCUT2D eigenvalue weighted by molar-refractivity contribution is 6.30. The van der Waals surface area contributed by atoms with Crippen molar-refractivity contribution in [3.05, 3.63) is 34.9 Å². The summed E-state index contributed by atoms with van der Waals surface area (Å²) in [6.07, 6.45) is 4.66. The van der Waals surface area contributed by atoms with Gasteiger partial charge in [-0.25, -0.2) is 0 Å². The number of benzene rings is 1. The Kier molecular flexibility index (Phi) is 6.25. The Morgan fingerprint density at radius 2 is 1.91 bits per heavy atom. The van der Waals surface area contributed by atoms with Crippen molar-refractivity contribution in [1.29, 1.82) is 0 Å². The fraction of sp³-hybridized carbons (Fsp3) is 0.529. The second-order valence-corrected chi connectivity index (χ2v) is 6.34. The van der Waals surface area contributed by atoms with Crippen molar-refractivity contribution in [3.8, 4) is 0 Å². The molecule has 0 spiro atoms. The molecule has 0 radical (unpaired) electrons. The van der Waals surface area contributed by atoms with E-state index in [1.807, 2.05) is 0 Å². The molecule has 0 heterocycles. The number of carbonyl (C=O) groups excluding carboxylic acids is 2. The largest absolute Gasteiger partial charge is 0.455 e. The lowest BCUT2D eigenvalue weighted by molar-refractivity contribution is -0.148. The fourth-order valence-electron chi connectivity index (χ4n) is 2.75. The molecule has 4 nitrogen and oxygen atoms in total. The molecule has 1 aromatic carbocycles. The quantitative estimate of drug-likeness (QED) is 0.847. The molecule has 2 atom stereocenters. The molecular formula is C17H22ClNO3. The summed E-state index contributed by atoms with van der Waals surface area (Å²) < 4.78 is 5.03. The summed E-state index contributed by atoms with van der Waals surface area (Å²) in [6.45, 7) is 1.94. The van der Waals surface area contributed by atoms with Gasteiger partial charge in [0, 0.05) is 11.1 Å². The predicted octanol–water partition coefficient (Wildman–Crippen LogP) is 3.12. The smallest absolute Gasteiger partial charge is 0.310 e. The molecule has 1 aliphatic carbocycles. The number of nitrogens with one attached hydrogen (secondary N) is 1. The van der Waals surface area contributed by atoms with E-state index >= 15 is 0 Å². The van der Waals surface area contributed by atoms with Gasteiger partial charge < -0.3 is 10.1 Å². The number of esters is 1. The average Bonchev–Trinajstić information content (AvgIpc) is 2.50. The Labute approximate surface area is 136 Å². The number of hydrogen-bond acceptors (Lipinski definition) is 3. The van der Waals surface area contributed by atoms with Crippen molar-refractivity contribution < 1.29 is 14.3 Å². The number of halogens is 1. The molecular weight excluding hydrogens is 302 g/mol. The third kappa shape index (κ3) is 5.34. The summed E-state index contributed by atoms with van der Waals surface area (Å²) in [7, 11) is 0. The van der Waals surface area contributed by atoms with E-state index in [-0.39, 0.29) is 25.0 Å². The van der Waals surface area contributed by atoms with E-state index in [4.69, 9.17) is 16.3 Å². The van der Waals surface area contributed by atoms with Crippen molar-refractivity contribution in [2.45, 2.75) is 45.1 Å². The van der Waals surface area contributed by atoms with E-state index in [1.54, 1.807) is 24.3 Å². The number of ether oxygens (including phenoxy) is 1. The van der Waals surface area contributed by atoms with Crippen molar-refractivity contribution in [2.24, 2.45) is 5.92 Å². The van der Waals surface area contributed by atoms with Gasteiger partial charge in [0.1, 0.15) is 0 Å². The van der Waals surface area contributed by atoms with Gasteiger partial charge in [0.15, 0.2) is 6.61 Å². The SMILES string of the molecule is C[C@@H]1CCCC[C@H]1NC(=O)COC(=O)Cc1ccc(Cl)cc1. The topological polar surface area (TPSA) is 55.4 Å². The highest BCUT2D eigenvalue weighted by Gasteiger charge is 2.23. The fourth-order valence-corrected chi connectivity index (χ4v) is 2.87. The van der Waals surface area contributed by atoms with Crippen LogP contribution >= 0.6 is 11.6 Å². The molecule has 1 N–H and O–H groups in total. The molecule has 1 saturated carbocycles. The first-order valence-corrected chi connectivity index (χ1v) is 8.12. The van der Waals surface area contributed by atoms with Crippen LogP contribution in [0.25, 0.3) is 0 Å². The molecule has 0 unspecified atom stereocenters. The maximum atomic E-state index is 11.9. The summed E-state index contributed by atoms with van der Waals surface area (Å²) >= 11 is 5.79. The van der Waals surface area contributed by atoms with E-state index in [1.165, 1.54) is 6.42 Å². The van der Waals surface area contributed by atoms with Crippen LogP contribution < -0.4 is 5.32 Å². The highest BCUT2D eigenvalue weighted by atomic mass is 35.5. The monoisotopic (exact) mass is 323 g/mol. The van der Waals surface area contributed by atoms with Crippen molar-refractivity contribution in [1.82, 2.24) is 5.32 Å². The Hall–Kier alpha value is -1.55. The maximum absolute atomic E-state index is 11.9. The second-order valence-electron chi connectivity index (χ2n) is 5.90. The van der Waals surface area contributed by atoms with Gasteiger partial charge >= 0.3 is 5.97 Å². The van der Waals surface area contributed by atoms with Crippen LogP contribution in [0.1, 0.15) is 38.2 Å². The van der Waals surface area contributed by atoms with E-state index in [2.05, 4.69) is 12.2 Å². The molecule has 0 aromatic heterocycles. The summed E-state index contributed by atoms with van der Waals surface area (Å²) in [5, 5.41) is 3.58. The number of rotatable bonds is 5. The maximum Gasteiger partial charge on any atom is 0.310 e. The third-order valence-electron chi connectivity index (χ3n) is 4.08. The average molecular weight is 324 g/mol. The molecule has 1 aliphatic rings. The van der Waals surface area contributed by atoms with Crippen LogP contribution in [-0.4, -0.2) is 24.5 Å². The van der Waals surface area contributed by atoms with Crippen LogP contribution in [0, 0.1) is 5.92 Å². The minimum absolute atomic E-state index is 0.143. The molecule has 1 aromatic rings. The second kappa shape index (κ2) is 8.18. The van der Waals surface area contributed by atoms with E-state index in [9.17, 15) is 9.59 Å². The van der Waals surface area contributed by atoms with Gasteiger partial charge in [-0.3, -0.25) is 9.59 Å². The summed E-state index contributed by atoms with van der Waals surface area (Å²) in [4.78, 5) is 23.6. The van der Waals surface area contributed by atoms with Crippen molar-refractivity contribution in [3.63, 3.8) is 0 Å². The molecule has 0 aliphatic heterocycles. The first-order valence-electron chi connectivity index (χ1n) is 7.74. The molecule has 120 valence electrons. The van der Waals surface area contributed by atoms with Gasteiger partial charge in [-0.2, -0.15) is 0 Å². The van der Waals surface area contributed by atoms with Crippen LogP contribution in [0.15, 0.2) is 24.3 Å². The predicted molar refractivity (Wildman–Crippen MR) is 85.7 cm³/mol. The normalized spacial score (nSPS) is 21.2. The van der Waals surface area contributed by atoms with Gasteiger partial charge in [0.25, 0.3) is 5.91 Å². The van der Waals surface area contributed by atoms with E-state index in [0.717, 1.165) is 24.8 Å². The van der Waals surface area contributed by atoms with Gasteiger partial charge in [0.2, 0.25) is 0 Å². The first-order chi connectivity index (χ1) is 10.5. The van der Waals surface area contributed by atoms with Crippen molar-refractivity contribution in [2.75, 3.05) is 6.61 Å². The standard InChI is InChI=1S/C17H22ClNO3/c1-12-4-2-3-5-15(12)19-16(20)11-22-17(21)10-13-6-8-14(18)9-7-13/h6-9,12,15H,2-5,10-11H2,1H3,(H,19,20)/t12-,15-/m1/s1. The zero-order valence-corrected chi connectivity index (χ0v) is 13.6. The first kappa shape index (κ1) is 16.8. The zero-order valence-electron chi connectivity index (χ0n) is 12.8. The van der Waals surface area contributed by atoms with Crippen LogP contribution in [0.3, 0.4) is 0 Å². The van der Waals surface area contributed by atoms with Crippen molar-refractivity contribution >= 4 is 23.5 Å². The van der Waals surface area contributed by atoms with Gasteiger partial charge in [-0.15, -0.1) is 0 Å². The molecule has 22 heavy (non-hydrogen) atoms. The van der Waals surface area contributed by atoms with E-state index in [0.29, 0.717) is 10.9 Å². The number of carbonyl (C=O) groups is 2. The Morgan fingerprint density at radius 1 is 1.23 bits per heavy atom. The molecule has 0 saturated heterocycles. The molecule has 5 heteroatoms. The minimum Gasteiger partial charge on any atom is -0.455 e. The lowest BCUT2D eigenvalue weighted by Crippen LogP contribution is -2.42. The van der Waals surface area contributed by atoms with Crippen LogP contribution in [0.5, 0.6) is 0 Å². The Bertz CT molecular complexity index is 515. The Balaban J connectivity index is 1.71. The molecule has 2 rings (SSSR count). The molecule has 1 amide bonds. The number of hydrogen-bond donors (Lipinski definition) is 1. The summed E-state index contributed by atoms with van der Waals surface area (Å²) in [6, 6.07) is 7.19. The zero-order chi connectivity index (χ0) is 15.9. The number of amides is 1. The minimum atomic E-state index is -0.408. The van der Waals surface area contributed by atoms with Crippen LogP contribution in [-0.2, 0) is 20.7 Å². The van der Waals surface area contributed by atoms with Gasteiger partial charge in [-0.1, -0.05) is 43.5 Å². The van der Waals surface area contributed by atoms with Crippen LogP contribution in [0.2, 0.25) is 5.02 Å². The van der Waals surface area contributed by atoms with E-state index < -0.39 is 5.97 Å². The molecule has 1 fully saturated rings. The summed E-state index contributed by atoms with van der Waals surface area (Å²) in [5.74, 6) is -0.139.